The van der Waals surface area contributed by atoms with Crippen LogP contribution in [0.3, 0.4) is 0 Å². The van der Waals surface area contributed by atoms with Crippen LogP contribution in [0.1, 0.15) is 16.1 Å². The van der Waals surface area contributed by atoms with Gasteiger partial charge in [0.05, 0.1) is 21.9 Å². The standard InChI is InChI=1S/C30H19ClFN5O2/c31-22-14-20(13-19-7-4-12-33-25(19)22)27-26(18-8-10-21(32)11-9-18)37-29-28(36-27)24(38)15-23(35-29)30(39)34-16-17-5-2-1-3-6-17/h1-15H,16H2,(H,34,39)(H,35,37,38). The Bertz CT molecular complexity index is 1930. The summed E-state index contributed by atoms with van der Waals surface area (Å²) in [6.07, 6.45) is 1.65. The van der Waals surface area contributed by atoms with Crippen molar-refractivity contribution >= 4 is 39.6 Å². The first-order chi connectivity index (χ1) is 19.0. The van der Waals surface area contributed by atoms with Gasteiger partial charge in [-0.05, 0) is 48.0 Å². The number of hydrogen-bond acceptors (Lipinski definition) is 5. The topological polar surface area (TPSA) is 101 Å². The van der Waals surface area contributed by atoms with E-state index in [9.17, 15) is 14.0 Å². The lowest BCUT2D eigenvalue weighted by atomic mass is 10.0. The summed E-state index contributed by atoms with van der Waals surface area (Å²) in [7, 11) is 0. The fourth-order valence-electron chi connectivity index (χ4n) is 4.35. The molecule has 2 N–H and O–H groups in total. The van der Waals surface area contributed by atoms with E-state index in [1.54, 1.807) is 30.5 Å². The normalized spacial score (nSPS) is 11.1. The molecule has 3 aromatic heterocycles. The Hall–Kier alpha value is -4.95. The molecule has 6 rings (SSSR count). The van der Waals surface area contributed by atoms with Crippen LogP contribution < -0.4 is 10.7 Å². The van der Waals surface area contributed by atoms with E-state index in [0.29, 0.717) is 39.6 Å². The van der Waals surface area contributed by atoms with E-state index in [2.05, 4.69) is 20.3 Å². The van der Waals surface area contributed by atoms with E-state index in [-0.39, 0.29) is 16.9 Å². The number of benzene rings is 3. The number of carbonyl (C=O) groups excluding carboxylic acids is 1. The van der Waals surface area contributed by atoms with Crippen molar-refractivity contribution in [3.63, 3.8) is 0 Å². The number of nitrogens with zero attached hydrogens (tertiary/aromatic N) is 3. The first-order valence-corrected chi connectivity index (χ1v) is 12.4. The van der Waals surface area contributed by atoms with Crippen LogP contribution in [-0.2, 0) is 6.54 Å². The number of aromatic nitrogens is 4. The molecule has 0 spiro atoms. The van der Waals surface area contributed by atoms with Crippen molar-refractivity contribution in [3.8, 4) is 22.5 Å². The lowest BCUT2D eigenvalue weighted by Crippen LogP contribution is -2.25. The van der Waals surface area contributed by atoms with Crippen molar-refractivity contribution in [3.05, 3.63) is 123 Å². The van der Waals surface area contributed by atoms with Gasteiger partial charge in [-0.25, -0.2) is 14.4 Å². The first kappa shape index (κ1) is 24.4. The van der Waals surface area contributed by atoms with Crippen LogP contribution in [0.5, 0.6) is 0 Å². The highest BCUT2D eigenvalue weighted by molar-refractivity contribution is 6.35. The third-order valence-corrected chi connectivity index (χ3v) is 6.54. The predicted octanol–water partition coefficient (Wildman–Crippen LogP) is 5.92. The van der Waals surface area contributed by atoms with Gasteiger partial charge in [0.2, 0.25) is 5.43 Å². The molecule has 0 saturated carbocycles. The van der Waals surface area contributed by atoms with Gasteiger partial charge >= 0.3 is 0 Å². The highest BCUT2D eigenvalue weighted by Gasteiger charge is 2.19. The number of nitrogens with one attached hydrogen (secondary N) is 2. The Morgan fingerprint density at radius 3 is 2.44 bits per heavy atom. The van der Waals surface area contributed by atoms with E-state index < -0.39 is 17.2 Å². The summed E-state index contributed by atoms with van der Waals surface area (Å²) in [4.78, 5) is 42.7. The van der Waals surface area contributed by atoms with Gasteiger partial charge in [0.15, 0.2) is 11.2 Å². The van der Waals surface area contributed by atoms with Crippen molar-refractivity contribution in [2.24, 2.45) is 0 Å². The largest absolute Gasteiger partial charge is 0.347 e. The average Bonchev–Trinajstić information content (AvgIpc) is 2.96. The fraction of sp³-hybridized carbons (Fsp3) is 0.0333. The molecular weight excluding hydrogens is 517 g/mol. The van der Waals surface area contributed by atoms with Gasteiger partial charge in [0.1, 0.15) is 11.5 Å². The van der Waals surface area contributed by atoms with Gasteiger partial charge in [0, 0.05) is 35.3 Å². The highest BCUT2D eigenvalue weighted by Crippen LogP contribution is 2.34. The molecule has 3 aromatic carbocycles. The number of pyridine rings is 2. The Labute approximate surface area is 226 Å². The summed E-state index contributed by atoms with van der Waals surface area (Å²) in [5, 5.41) is 4.00. The maximum absolute atomic E-state index is 13.7. The average molecular weight is 536 g/mol. The summed E-state index contributed by atoms with van der Waals surface area (Å²) in [5.74, 6) is -0.861. The van der Waals surface area contributed by atoms with Crippen LogP contribution in [0.4, 0.5) is 4.39 Å². The van der Waals surface area contributed by atoms with Crippen LogP contribution in [0.25, 0.3) is 44.6 Å². The minimum absolute atomic E-state index is 0.0513. The Kier molecular flexibility index (Phi) is 6.30. The fourth-order valence-corrected chi connectivity index (χ4v) is 4.62. The molecule has 6 aromatic rings. The van der Waals surface area contributed by atoms with Crippen LogP contribution in [0, 0.1) is 5.82 Å². The molecule has 0 aliphatic carbocycles. The number of H-pyrrole nitrogens is 1. The zero-order valence-electron chi connectivity index (χ0n) is 20.3. The third kappa shape index (κ3) is 4.85. The third-order valence-electron chi connectivity index (χ3n) is 6.25. The Balaban J connectivity index is 1.49. The first-order valence-electron chi connectivity index (χ1n) is 12.0. The van der Waals surface area contributed by atoms with Crippen LogP contribution in [0.15, 0.2) is 95.9 Å². The Morgan fingerprint density at radius 1 is 0.872 bits per heavy atom. The smallest absolute Gasteiger partial charge is 0.268 e. The van der Waals surface area contributed by atoms with E-state index in [1.165, 1.54) is 18.2 Å². The van der Waals surface area contributed by atoms with Crippen molar-refractivity contribution in [1.82, 2.24) is 25.3 Å². The molecule has 0 radical (unpaired) electrons. The number of fused-ring (bicyclic) bond motifs is 2. The second-order valence-corrected chi connectivity index (χ2v) is 9.28. The maximum Gasteiger partial charge on any atom is 0.268 e. The lowest BCUT2D eigenvalue weighted by Gasteiger charge is -2.12. The molecule has 0 saturated heterocycles. The lowest BCUT2D eigenvalue weighted by molar-refractivity contribution is 0.0946. The van der Waals surface area contributed by atoms with Gasteiger partial charge in [-0.3, -0.25) is 14.6 Å². The molecule has 190 valence electrons. The van der Waals surface area contributed by atoms with Crippen molar-refractivity contribution < 1.29 is 9.18 Å². The summed E-state index contributed by atoms with van der Waals surface area (Å²) in [5.41, 5.74) is 3.26. The minimum atomic E-state index is -0.471. The second-order valence-electron chi connectivity index (χ2n) is 8.87. The number of carbonyl (C=O) groups is 1. The second kappa shape index (κ2) is 10.1. The van der Waals surface area contributed by atoms with Gasteiger partial charge in [-0.2, -0.15) is 0 Å². The molecule has 0 aliphatic rings. The molecule has 0 unspecified atom stereocenters. The highest BCUT2D eigenvalue weighted by atomic mass is 35.5. The number of hydrogen-bond donors (Lipinski definition) is 2. The van der Waals surface area contributed by atoms with Crippen molar-refractivity contribution in [2.45, 2.75) is 6.54 Å². The van der Waals surface area contributed by atoms with Crippen molar-refractivity contribution in [2.75, 3.05) is 0 Å². The van der Waals surface area contributed by atoms with E-state index in [4.69, 9.17) is 16.6 Å². The van der Waals surface area contributed by atoms with Crippen LogP contribution >= 0.6 is 11.6 Å². The number of halogens is 2. The molecule has 3 heterocycles. The molecular formula is C30H19ClFN5O2. The summed E-state index contributed by atoms with van der Waals surface area (Å²) >= 11 is 6.54. The molecule has 0 bridgehead atoms. The SMILES string of the molecule is O=C(NCc1ccccc1)c1cc(=O)c2nc(-c3cc(Cl)c4ncccc4c3)c(-c3ccc(F)cc3)nc2[nH]1. The van der Waals surface area contributed by atoms with Gasteiger partial charge in [-0.1, -0.05) is 48.0 Å². The predicted molar refractivity (Wildman–Crippen MR) is 149 cm³/mol. The number of aromatic amines is 1. The number of rotatable bonds is 5. The summed E-state index contributed by atoms with van der Waals surface area (Å²) < 4.78 is 13.7. The summed E-state index contributed by atoms with van der Waals surface area (Å²) in [6, 6.07) is 23.7. The van der Waals surface area contributed by atoms with Gasteiger partial charge < -0.3 is 10.3 Å². The zero-order chi connectivity index (χ0) is 26.9. The van der Waals surface area contributed by atoms with E-state index >= 15 is 0 Å². The molecule has 7 nitrogen and oxygen atoms in total. The van der Waals surface area contributed by atoms with Crippen LogP contribution in [-0.4, -0.2) is 25.8 Å². The molecule has 1 amide bonds. The van der Waals surface area contributed by atoms with Crippen molar-refractivity contribution in [1.29, 1.82) is 0 Å². The maximum atomic E-state index is 13.7. The molecule has 39 heavy (non-hydrogen) atoms. The van der Waals surface area contributed by atoms with E-state index in [0.717, 1.165) is 10.9 Å². The van der Waals surface area contributed by atoms with Crippen LogP contribution in [0.2, 0.25) is 5.02 Å². The zero-order valence-corrected chi connectivity index (χ0v) is 21.0. The summed E-state index contributed by atoms with van der Waals surface area (Å²) in [6.45, 7) is 0.294. The molecule has 0 fully saturated rings. The molecule has 0 atom stereocenters. The Morgan fingerprint density at radius 2 is 1.64 bits per heavy atom. The quantitative estimate of drug-likeness (QED) is 0.285. The van der Waals surface area contributed by atoms with Gasteiger partial charge in [-0.15, -0.1) is 0 Å². The van der Waals surface area contributed by atoms with Gasteiger partial charge in [0.25, 0.3) is 5.91 Å². The monoisotopic (exact) mass is 535 g/mol. The molecule has 9 heteroatoms. The molecule has 0 aliphatic heterocycles. The number of amides is 1. The van der Waals surface area contributed by atoms with E-state index in [1.807, 2.05) is 42.5 Å². The minimum Gasteiger partial charge on any atom is -0.347 e.